The van der Waals surface area contributed by atoms with Crippen LogP contribution in [0.4, 0.5) is 4.79 Å². The van der Waals surface area contributed by atoms with Crippen LogP contribution >= 0.6 is 0 Å². The summed E-state index contributed by atoms with van der Waals surface area (Å²) in [6.07, 6.45) is 3.94. The van der Waals surface area contributed by atoms with Crippen molar-refractivity contribution in [1.82, 2.24) is 10.6 Å². The fourth-order valence-corrected chi connectivity index (χ4v) is 2.58. The van der Waals surface area contributed by atoms with Crippen molar-refractivity contribution >= 4 is 12.0 Å². The molecule has 4 unspecified atom stereocenters. The van der Waals surface area contributed by atoms with Gasteiger partial charge in [0.15, 0.2) is 0 Å². The molecule has 2 heterocycles. The molecule has 0 aromatic heterocycles. The van der Waals surface area contributed by atoms with Crippen LogP contribution in [0.25, 0.3) is 0 Å². The molecule has 2 fully saturated rings. The molecular formula is C12H20N2O4. The third-order valence-corrected chi connectivity index (χ3v) is 3.75. The molecule has 0 aromatic carbocycles. The Morgan fingerprint density at radius 1 is 1.39 bits per heavy atom. The van der Waals surface area contributed by atoms with Crippen molar-refractivity contribution in [1.29, 1.82) is 0 Å². The number of aliphatic carboxylic acids is 1. The van der Waals surface area contributed by atoms with Crippen LogP contribution in [0.5, 0.6) is 0 Å². The highest BCUT2D eigenvalue weighted by atomic mass is 16.5. The smallest absolute Gasteiger partial charge is 0.314 e. The second kappa shape index (κ2) is 5.56. The quantitative estimate of drug-likeness (QED) is 0.671. The molecule has 6 nitrogen and oxygen atoms in total. The molecule has 2 aliphatic heterocycles. The predicted molar refractivity (Wildman–Crippen MR) is 64.2 cm³/mol. The Kier molecular flexibility index (Phi) is 4.06. The summed E-state index contributed by atoms with van der Waals surface area (Å²) in [4.78, 5) is 22.1. The van der Waals surface area contributed by atoms with Crippen molar-refractivity contribution < 1.29 is 19.4 Å². The van der Waals surface area contributed by atoms with Gasteiger partial charge in [0.2, 0.25) is 0 Å². The van der Waals surface area contributed by atoms with Crippen LogP contribution in [0.3, 0.4) is 0 Å². The van der Waals surface area contributed by atoms with Crippen LogP contribution < -0.4 is 10.6 Å². The van der Waals surface area contributed by atoms with E-state index in [1.54, 1.807) is 6.92 Å². The number of ether oxygens (including phenoxy) is 1. The number of fused-ring (bicyclic) bond motifs is 2. The molecule has 2 amide bonds. The Balaban J connectivity index is 1.62. The molecule has 0 aromatic rings. The lowest BCUT2D eigenvalue weighted by atomic mass is 9.89. The van der Waals surface area contributed by atoms with Crippen molar-refractivity contribution in [2.45, 2.75) is 38.4 Å². The van der Waals surface area contributed by atoms with E-state index >= 15 is 0 Å². The molecule has 18 heavy (non-hydrogen) atoms. The molecule has 102 valence electrons. The summed E-state index contributed by atoms with van der Waals surface area (Å²) in [5, 5.41) is 14.0. The van der Waals surface area contributed by atoms with Crippen LogP contribution in [0.1, 0.15) is 26.2 Å². The minimum atomic E-state index is -0.906. The lowest BCUT2D eigenvalue weighted by molar-refractivity contribution is -0.140. The van der Waals surface area contributed by atoms with E-state index in [0.717, 1.165) is 19.3 Å². The molecule has 4 atom stereocenters. The van der Waals surface area contributed by atoms with E-state index in [2.05, 4.69) is 10.6 Å². The van der Waals surface area contributed by atoms with Crippen LogP contribution in [0.2, 0.25) is 0 Å². The molecule has 2 bridgehead atoms. The zero-order chi connectivity index (χ0) is 13.1. The number of rotatable bonds is 5. The van der Waals surface area contributed by atoms with Gasteiger partial charge in [0.25, 0.3) is 0 Å². The summed E-state index contributed by atoms with van der Waals surface area (Å²) in [7, 11) is 0. The number of carboxylic acids is 1. The zero-order valence-corrected chi connectivity index (χ0v) is 10.5. The number of amides is 2. The van der Waals surface area contributed by atoms with Crippen LogP contribution in [-0.2, 0) is 9.53 Å². The normalized spacial score (nSPS) is 31.1. The predicted octanol–water partition coefficient (Wildman–Crippen LogP) is 0.574. The number of hydrogen-bond donors (Lipinski definition) is 3. The van der Waals surface area contributed by atoms with Crippen LogP contribution in [-0.4, -0.2) is 42.4 Å². The Hall–Kier alpha value is -1.30. The van der Waals surface area contributed by atoms with Crippen molar-refractivity contribution in [3.05, 3.63) is 0 Å². The summed E-state index contributed by atoms with van der Waals surface area (Å²) in [5.74, 6) is -1.07. The SMILES string of the molecule is CC(CNC(=O)NCC1CC2CCC1O2)C(=O)O. The van der Waals surface area contributed by atoms with Gasteiger partial charge in [-0.3, -0.25) is 4.79 Å². The summed E-state index contributed by atoms with van der Waals surface area (Å²) in [6.45, 7) is 2.31. The first kappa shape index (κ1) is 13.1. The highest BCUT2D eigenvalue weighted by Crippen LogP contribution is 2.38. The Morgan fingerprint density at radius 3 is 2.72 bits per heavy atom. The lowest BCUT2D eigenvalue weighted by Gasteiger charge is -2.19. The van der Waals surface area contributed by atoms with Gasteiger partial charge in [0.1, 0.15) is 0 Å². The summed E-state index contributed by atoms with van der Waals surface area (Å²) in [6, 6.07) is -0.300. The van der Waals surface area contributed by atoms with Gasteiger partial charge < -0.3 is 20.5 Å². The fourth-order valence-electron chi connectivity index (χ4n) is 2.58. The molecule has 2 rings (SSSR count). The second-order valence-electron chi connectivity index (χ2n) is 5.20. The molecular weight excluding hydrogens is 236 g/mol. The fraction of sp³-hybridized carbons (Fsp3) is 0.833. The first-order valence-corrected chi connectivity index (χ1v) is 6.46. The molecule has 0 radical (unpaired) electrons. The molecule has 2 saturated heterocycles. The maximum absolute atomic E-state index is 11.5. The van der Waals surface area contributed by atoms with Gasteiger partial charge in [-0.25, -0.2) is 4.79 Å². The molecule has 2 aliphatic rings. The van der Waals surface area contributed by atoms with E-state index in [1.165, 1.54) is 0 Å². The minimum Gasteiger partial charge on any atom is -0.481 e. The van der Waals surface area contributed by atoms with Gasteiger partial charge in [-0.1, -0.05) is 6.92 Å². The molecule has 3 N–H and O–H groups in total. The minimum absolute atomic E-state index is 0.147. The van der Waals surface area contributed by atoms with Gasteiger partial charge in [-0.05, 0) is 19.3 Å². The average Bonchev–Trinajstić information content (AvgIpc) is 2.95. The van der Waals surface area contributed by atoms with E-state index < -0.39 is 11.9 Å². The highest BCUT2D eigenvalue weighted by molar-refractivity contribution is 5.75. The Morgan fingerprint density at radius 2 is 2.17 bits per heavy atom. The lowest BCUT2D eigenvalue weighted by Crippen LogP contribution is -2.42. The van der Waals surface area contributed by atoms with E-state index in [9.17, 15) is 9.59 Å². The van der Waals surface area contributed by atoms with Gasteiger partial charge in [0, 0.05) is 19.0 Å². The van der Waals surface area contributed by atoms with Crippen LogP contribution in [0.15, 0.2) is 0 Å². The summed E-state index contributed by atoms with van der Waals surface area (Å²) in [5.41, 5.74) is 0. The van der Waals surface area contributed by atoms with E-state index in [4.69, 9.17) is 9.84 Å². The zero-order valence-electron chi connectivity index (χ0n) is 10.5. The largest absolute Gasteiger partial charge is 0.481 e. The number of urea groups is 1. The van der Waals surface area contributed by atoms with Crippen LogP contribution in [0, 0.1) is 11.8 Å². The molecule has 6 heteroatoms. The maximum atomic E-state index is 11.5. The topological polar surface area (TPSA) is 87.7 Å². The number of nitrogens with one attached hydrogen (secondary N) is 2. The maximum Gasteiger partial charge on any atom is 0.314 e. The molecule has 0 aliphatic carbocycles. The highest BCUT2D eigenvalue weighted by Gasteiger charge is 2.40. The van der Waals surface area contributed by atoms with E-state index in [1.807, 2.05) is 0 Å². The van der Waals surface area contributed by atoms with Crippen molar-refractivity contribution in [2.24, 2.45) is 11.8 Å². The number of carbonyl (C=O) groups is 2. The number of hydrogen-bond acceptors (Lipinski definition) is 3. The van der Waals surface area contributed by atoms with Gasteiger partial charge in [0.05, 0.1) is 18.1 Å². The molecule has 0 spiro atoms. The standard InChI is InChI=1S/C12H20N2O4/c1-7(11(15)16)5-13-12(17)14-6-8-4-9-2-3-10(8)18-9/h7-10H,2-6H2,1H3,(H,15,16)(H2,13,14,17). The molecule has 0 saturated carbocycles. The van der Waals surface area contributed by atoms with E-state index in [-0.39, 0.29) is 12.6 Å². The van der Waals surface area contributed by atoms with E-state index in [0.29, 0.717) is 24.7 Å². The van der Waals surface area contributed by atoms with Gasteiger partial charge in [-0.2, -0.15) is 0 Å². The summed E-state index contributed by atoms with van der Waals surface area (Å²) >= 11 is 0. The third kappa shape index (κ3) is 3.13. The third-order valence-electron chi connectivity index (χ3n) is 3.75. The second-order valence-corrected chi connectivity index (χ2v) is 5.20. The first-order valence-electron chi connectivity index (χ1n) is 6.46. The Labute approximate surface area is 106 Å². The first-order chi connectivity index (χ1) is 8.56. The number of carboxylic acid groups (broad SMARTS) is 1. The van der Waals surface area contributed by atoms with Crippen molar-refractivity contribution in [3.8, 4) is 0 Å². The number of carbonyl (C=O) groups excluding carboxylic acids is 1. The van der Waals surface area contributed by atoms with Gasteiger partial charge >= 0.3 is 12.0 Å². The monoisotopic (exact) mass is 256 g/mol. The van der Waals surface area contributed by atoms with Crippen molar-refractivity contribution in [3.63, 3.8) is 0 Å². The Bertz CT molecular complexity index is 334. The van der Waals surface area contributed by atoms with Gasteiger partial charge in [-0.15, -0.1) is 0 Å². The summed E-state index contributed by atoms with van der Waals surface area (Å²) < 4.78 is 5.70. The van der Waals surface area contributed by atoms with Crippen molar-refractivity contribution in [2.75, 3.05) is 13.1 Å². The average molecular weight is 256 g/mol.